The zero-order chi connectivity index (χ0) is 11.5. The number of nitrogens with two attached hydrogens (primary N) is 1. The van der Waals surface area contributed by atoms with Crippen LogP contribution in [0.4, 0.5) is 0 Å². The summed E-state index contributed by atoms with van der Waals surface area (Å²) in [5.41, 5.74) is 7.40. The van der Waals surface area contributed by atoms with Crippen LogP contribution in [0.15, 0.2) is 28.9 Å². The molecule has 1 aromatic heterocycles. The lowest BCUT2D eigenvalue weighted by Gasteiger charge is -1.97. The number of nitrogens with zero attached hydrogens (tertiary/aromatic N) is 1. The Hall–Kier alpha value is -0.840. The van der Waals surface area contributed by atoms with Gasteiger partial charge in [0.1, 0.15) is 16.1 Å². The number of H-pyrrole nitrogens is 1. The quantitative estimate of drug-likeness (QED) is 0.915. The maximum absolute atomic E-state index is 5.84. The Bertz CT molecular complexity index is 478. The molecule has 0 aliphatic rings. The minimum Gasteiger partial charge on any atom is -0.336 e. The van der Waals surface area contributed by atoms with E-state index < -0.39 is 0 Å². The first kappa shape index (κ1) is 11.6. The predicted molar refractivity (Wildman–Crippen MR) is 69.5 cm³/mol. The molecule has 3 N–H and O–H groups in total. The molecular weight excluding hydrogens is 289 g/mol. The molecule has 2 aromatic rings. The number of hydrogen-bond acceptors (Lipinski definition) is 2. The van der Waals surface area contributed by atoms with E-state index in [-0.39, 0.29) is 0 Å². The third-order valence-electron chi connectivity index (χ3n) is 2.21. The van der Waals surface area contributed by atoms with Gasteiger partial charge >= 0.3 is 0 Å². The van der Waals surface area contributed by atoms with Crippen LogP contribution in [-0.2, 0) is 6.42 Å². The van der Waals surface area contributed by atoms with Crippen LogP contribution in [0, 0.1) is 0 Å². The molecule has 2 rings (SSSR count). The lowest BCUT2D eigenvalue weighted by molar-refractivity contribution is 0.893. The van der Waals surface area contributed by atoms with Crippen molar-refractivity contribution in [1.82, 2.24) is 9.97 Å². The van der Waals surface area contributed by atoms with Crippen molar-refractivity contribution in [2.75, 3.05) is 6.54 Å². The van der Waals surface area contributed by atoms with E-state index in [1.165, 1.54) is 0 Å². The van der Waals surface area contributed by atoms with Crippen molar-refractivity contribution in [3.05, 3.63) is 39.7 Å². The predicted octanol–water partition coefficient (Wildman–Crippen LogP) is 2.99. The Kier molecular flexibility index (Phi) is 3.63. The van der Waals surface area contributed by atoms with Crippen molar-refractivity contribution in [3.8, 4) is 11.3 Å². The molecule has 0 atom stereocenters. The largest absolute Gasteiger partial charge is 0.336 e. The average molecular weight is 301 g/mol. The number of halogens is 2. The summed E-state index contributed by atoms with van der Waals surface area (Å²) < 4.78 is 0.873. The monoisotopic (exact) mass is 299 g/mol. The highest BCUT2D eigenvalue weighted by atomic mass is 79.9. The normalized spacial score (nSPS) is 10.7. The van der Waals surface area contributed by atoms with Gasteiger partial charge in [-0.2, -0.15) is 0 Å². The van der Waals surface area contributed by atoms with Gasteiger partial charge in [0.15, 0.2) is 0 Å². The van der Waals surface area contributed by atoms with E-state index in [1.54, 1.807) is 0 Å². The van der Waals surface area contributed by atoms with Crippen LogP contribution in [0.1, 0.15) is 5.82 Å². The highest BCUT2D eigenvalue weighted by Gasteiger charge is 2.09. The van der Waals surface area contributed by atoms with Crippen molar-refractivity contribution in [2.45, 2.75) is 6.42 Å². The second kappa shape index (κ2) is 4.99. The first-order valence-corrected chi connectivity index (χ1v) is 6.08. The zero-order valence-corrected chi connectivity index (χ0v) is 10.8. The second-order valence-electron chi connectivity index (χ2n) is 3.39. The number of aromatic amines is 1. The lowest BCUT2D eigenvalue weighted by atomic mass is 10.2. The maximum Gasteiger partial charge on any atom is 0.110 e. The molecule has 1 aromatic carbocycles. The molecule has 0 saturated heterocycles. The van der Waals surface area contributed by atoms with Gasteiger partial charge in [-0.1, -0.05) is 23.7 Å². The number of imidazole rings is 1. The number of benzene rings is 1. The zero-order valence-electron chi connectivity index (χ0n) is 8.50. The van der Waals surface area contributed by atoms with Crippen LogP contribution in [0.3, 0.4) is 0 Å². The molecule has 84 valence electrons. The third-order valence-corrected chi connectivity index (χ3v) is 3.03. The molecule has 0 aliphatic heterocycles. The van der Waals surface area contributed by atoms with Gasteiger partial charge in [0.2, 0.25) is 0 Å². The summed E-state index contributed by atoms with van der Waals surface area (Å²) in [6.07, 6.45) is 0.742. The summed E-state index contributed by atoms with van der Waals surface area (Å²) in [5, 5.41) is 0.720. The standard InChI is InChI=1S/C11H11BrClN3/c12-11-10(15-9(16-11)5-6-14)7-1-3-8(13)4-2-7/h1-4H,5-6,14H2,(H,15,16). The summed E-state index contributed by atoms with van der Waals surface area (Å²) in [4.78, 5) is 7.63. The Morgan fingerprint density at radius 1 is 1.31 bits per heavy atom. The van der Waals surface area contributed by atoms with E-state index in [4.69, 9.17) is 17.3 Å². The topological polar surface area (TPSA) is 54.7 Å². The third kappa shape index (κ3) is 2.45. The Morgan fingerprint density at radius 3 is 2.62 bits per heavy atom. The molecule has 0 aliphatic carbocycles. The van der Waals surface area contributed by atoms with E-state index in [0.717, 1.165) is 33.1 Å². The molecule has 1 heterocycles. The summed E-state index contributed by atoms with van der Waals surface area (Å²) >= 11 is 9.29. The van der Waals surface area contributed by atoms with Gasteiger partial charge in [0, 0.05) is 17.0 Å². The van der Waals surface area contributed by atoms with Crippen molar-refractivity contribution in [2.24, 2.45) is 5.73 Å². The second-order valence-corrected chi connectivity index (χ2v) is 4.62. The number of hydrogen-bond donors (Lipinski definition) is 2. The van der Waals surface area contributed by atoms with Crippen molar-refractivity contribution >= 4 is 27.5 Å². The van der Waals surface area contributed by atoms with E-state index in [2.05, 4.69) is 25.9 Å². The Balaban J connectivity index is 2.36. The van der Waals surface area contributed by atoms with E-state index >= 15 is 0 Å². The summed E-state index contributed by atoms with van der Waals surface area (Å²) in [6.45, 7) is 0.583. The molecule has 0 fully saturated rings. The van der Waals surface area contributed by atoms with E-state index in [0.29, 0.717) is 6.54 Å². The molecule has 3 nitrogen and oxygen atoms in total. The van der Waals surface area contributed by atoms with Crippen molar-refractivity contribution in [3.63, 3.8) is 0 Å². The van der Waals surface area contributed by atoms with Crippen LogP contribution >= 0.6 is 27.5 Å². The van der Waals surface area contributed by atoms with E-state index in [9.17, 15) is 0 Å². The Labute approximate surface area is 107 Å². The van der Waals surface area contributed by atoms with Crippen molar-refractivity contribution in [1.29, 1.82) is 0 Å². The summed E-state index contributed by atoms with van der Waals surface area (Å²) in [5.74, 6) is 0.888. The minimum absolute atomic E-state index is 0.583. The fourth-order valence-corrected chi connectivity index (χ4v) is 2.12. The molecule has 0 saturated carbocycles. The SMILES string of the molecule is NCCc1nc(-c2ccc(Cl)cc2)c(Br)[nH]1. The maximum atomic E-state index is 5.84. The van der Waals surface area contributed by atoms with Gasteiger partial charge in [-0.25, -0.2) is 4.98 Å². The molecule has 0 amide bonds. The van der Waals surface area contributed by atoms with Gasteiger partial charge in [0.25, 0.3) is 0 Å². The fourth-order valence-electron chi connectivity index (χ4n) is 1.45. The van der Waals surface area contributed by atoms with Gasteiger partial charge in [-0.05, 0) is 34.6 Å². The summed E-state index contributed by atoms with van der Waals surface area (Å²) in [6, 6.07) is 7.58. The molecule has 0 spiro atoms. The first-order valence-electron chi connectivity index (χ1n) is 4.91. The molecule has 0 radical (unpaired) electrons. The number of nitrogens with one attached hydrogen (secondary N) is 1. The fraction of sp³-hybridized carbons (Fsp3) is 0.182. The molecular formula is C11H11BrClN3. The van der Waals surface area contributed by atoms with Gasteiger partial charge in [0.05, 0.1) is 0 Å². The van der Waals surface area contributed by atoms with Gasteiger partial charge in [-0.15, -0.1) is 0 Å². The van der Waals surface area contributed by atoms with Crippen LogP contribution in [0.25, 0.3) is 11.3 Å². The highest BCUT2D eigenvalue weighted by molar-refractivity contribution is 9.10. The van der Waals surface area contributed by atoms with Crippen LogP contribution < -0.4 is 5.73 Å². The smallest absolute Gasteiger partial charge is 0.110 e. The Morgan fingerprint density at radius 2 is 2.00 bits per heavy atom. The molecule has 0 unspecified atom stereocenters. The minimum atomic E-state index is 0.583. The average Bonchev–Trinajstić information content (AvgIpc) is 2.61. The molecule has 0 bridgehead atoms. The van der Waals surface area contributed by atoms with E-state index in [1.807, 2.05) is 24.3 Å². The van der Waals surface area contributed by atoms with Crippen LogP contribution in [-0.4, -0.2) is 16.5 Å². The van der Waals surface area contributed by atoms with Gasteiger partial charge < -0.3 is 10.7 Å². The van der Waals surface area contributed by atoms with Crippen LogP contribution in [0.5, 0.6) is 0 Å². The highest BCUT2D eigenvalue weighted by Crippen LogP contribution is 2.26. The first-order chi connectivity index (χ1) is 7.70. The van der Waals surface area contributed by atoms with Crippen LogP contribution in [0.2, 0.25) is 5.02 Å². The number of rotatable bonds is 3. The summed E-state index contributed by atoms with van der Waals surface area (Å²) in [7, 11) is 0. The molecule has 5 heteroatoms. The lowest BCUT2D eigenvalue weighted by Crippen LogP contribution is -2.03. The van der Waals surface area contributed by atoms with Gasteiger partial charge in [-0.3, -0.25) is 0 Å². The molecule has 16 heavy (non-hydrogen) atoms. The van der Waals surface area contributed by atoms with Crippen molar-refractivity contribution < 1.29 is 0 Å². The number of aromatic nitrogens is 2.